The molecule has 0 saturated carbocycles. The summed E-state index contributed by atoms with van der Waals surface area (Å²) in [6.07, 6.45) is 1.06. The topological polar surface area (TPSA) is 71.2 Å². The molecule has 0 radical (unpaired) electrons. The van der Waals surface area contributed by atoms with Gasteiger partial charge in [-0.2, -0.15) is 0 Å². The Hall–Kier alpha value is -2.63. The van der Waals surface area contributed by atoms with E-state index in [1.165, 1.54) is 12.1 Å². The van der Waals surface area contributed by atoms with Crippen LogP contribution in [0.3, 0.4) is 0 Å². The third-order valence-corrected chi connectivity index (χ3v) is 4.05. The number of carbonyl (C=O) groups is 1. The van der Waals surface area contributed by atoms with Crippen LogP contribution in [0.15, 0.2) is 42.5 Å². The van der Waals surface area contributed by atoms with Crippen molar-refractivity contribution >= 4 is 17.4 Å². The van der Waals surface area contributed by atoms with E-state index >= 15 is 0 Å². The van der Waals surface area contributed by atoms with Crippen molar-refractivity contribution in [3.8, 4) is 0 Å². The van der Waals surface area contributed by atoms with Crippen LogP contribution in [0.1, 0.15) is 16.9 Å². The molecule has 1 aliphatic heterocycles. The maximum absolute atomic E-state index is 13.0. The molecule has 1 atom stereocenters. The zero-order valence-electron chi connectivity index (χ0n) is 12.7. The number of amides is 1. The highest BCUT2D eigenvalue weighted by Gasteiger charge is 2.22. The number of hydrogen-bond acceptors (Lipinski definition) is 4. The van der Waals surface area contributed by atoms with Gasteiger partial charge in [0, 0.05) is 25.3 Å². The number of benzene rings is 1. The van der Waals surface area contributed by atoms with Gasteiger partial charge in [-0.1, -0.05) is 6.07 Å². The van der Waals surface area contributed by atoms with Gasteiger partial charge in [-0.3, -0.25) is 4.79 Å². The number of primary amides is 1. The summed E-state index contributed by atoms with van der Waals surface area (Å²) in [5.41, 5.74) is 6.53. The summed E-state index contributed by atoms with van der Waals surface area (Å²) in [5, 5.41) is 3.26. The molecule has 1 aromatic carbocycles. The molecule has 120 valence electrons. The van der Waals surface area contributed by atoms with E-state index < -0.39 is 5.91 Å². The van der Waals surface area contributed by atoms with Crippen molar-refractivity contribution in [1.82, 2.24) is 4.98 Å². The Morgan fingerprint density at radius 3 is 2.83 bits per heavy atom. The average molecular weight is 314 g/mol. The lowest BCUT2D eigenvalue weighted by molar-refractivity contribution is 0.0995. The molecular formula is C17H19FN4O. The van der Waals surface area contributed by atoms with Crippen LogP contribution in [0.2, 0.25) is 0 Å². The highest BCUT2D eigenvalue weighted by Crippen LogP contribution is 2.24. The van der Waals surface area contributed by atoms with Crippen LogP contribution in [0.5, 0.6) is 0 Å². The summed E-state index contributed by atoms with van der Waals surface area (Å²) >= 11 is 0. The molecule has 1 saturated heterocycles. The van der Waals surface area contributed by atoms with Gasteiger partial charge in [-0.05, 0) is 48.7 Å². The zero-order chi connectivity index (χ0) is 16.2. The second-order valence-corrected chi connectivity index (χ2v) is 5.73. The van der Waals surface area contributed by atoms with Gasteiger partial charge in [0.2, 0.25) is 0 Å². The maximum Gasteiger partial charge on any atom is 0.267 e. The van der Waals surface area contributed by atoms with Crippen molar-refractivity contribution in [2.24, 2.45) is 11.7 Å². The largest absolute Gasteiger partial charge is 0.371 e. The predicted molar refractivity (Wildman–Crippen MR) is 88.0 cm³/mol. The first-order chi connectivity index (χ1) is 11.1. The minimum Gasteiger partial charge on any atom is -0.371 e. The zero-order valence-corrected chi connectivity index (χ0v) is 12.7. The van der Waals surface area contributed by atoms with Gasteiger partial charge in [-0.15, -0.1) is 0 Å². The van der Waals surface area contributed by atoms with E-state index in [-0.39, 0.29) is 11.5 Å². The molecular weight excluding hydrogens is 295 g/mol. The molecule has 0 bridgehead atoms. The number of pyridine rings is 1. The summed E-state index contributed by atoms with van der Waals surface area (Å²) in [5.74, 6) is 0.379. The van der Waals surface area contributed by atoms with Crippen LogP contribution in [0.4, 0.5) is 15.9 Å². The number of anilines is 2. The van der Waals surface area contributed by atoms with Crippen LogP contribution in [-0.2, 0) is 0 Å². The molecule has 1 aliphatic rings. The molecule has 3 N–H and O–H groups in total. The number of nitrogens with one attached hydrogen (secondary N) is 1. The monoisotopic (exact) mass is 314 g/mol. The fraction of sp³-hybridized carbons (Fsp3) is 0.294. The number of nitrogens with two attached hydrogens (primary N) is 1. The number of aromatic nitrogens is 1. The van der Waals surface area contributed by atoms with E-state index in [2.05, 4.69) is 15.2 Å². The number of carbonyl (C=O) groups excluding carboxylic acids is 1. The normalized spacial score (nSPS) is 17.3. The molecule has 1 unspecified atom stereocenters. The molecule has 23 heavy (non-hydrogen) atoms. The van der Waals surface area contributed by atoms with Gasteiger partial charge in [-0.25, -0.2) is 9.37 Å². The highest BCUT2D eigenvalue weighted by molar-refractivity contribution is 5.91. The van der Waals surface area contributed by atoms with E-state index in [4.69, 9.17) is 5.73 Å². The highest BCUT2D eigenvalue weighted by atomic mass is 19.1. The maximum atomic E-state index is 13.0. The van der Waals surface area contributed by atoms with Gasteiger partial charge in [0.25, 0.3) is 5.91 Å². The quantitative estimate of drug-likeness (QED) is 0.888. The number of hydrogen-bond donors (Lipinski definition) is 2. The number of halogens is 1. The Labute approximate surface area is 134 Å². The van der Waals surface area contributed by atoms with Crippen LogP contribution in [-0.4, -0.2) is 30.5 Å². The molecule has 3 rings (SSSR count). The Kier molecular flexibility index (Phi) is 4.41. The Morgan fingerprint density at radius 1 is 1.30 bits per heavy atom. The summed E-state index contributed by atoms with van der Waals surface area (Å²) in [7, 11) is 0. The lowest BCUT2D eigenvalue weighted by Gasteiger charge is -2.19. The molecule has 6 heteroatoms. The van der Waals surface area contributed by atoms with Crippen LogP contribution in [0.25, 0.3) is 0 Å². The van der Waals surface area contributed by atoms with Crippen molar-refractivity contribution < 1.29 is 9.18 Å². The molecule has 1 amide bonds. The second kappa shape index (κ2) is 6.64. The second-order valence-electron chi connectivity index (χ2n) is 5.73. The van der Waals surface area contributed by atoms with Crippen molar-refractivity contribution in [2.45, 2.75) is 6.42 Å². The summed E-state index contributed by atoms with van der Waals surface area (Å²) in [6.45, 7) is 2.63. The molecule has 1 fully saturated rings. The van der Waals surface area contributed by atoms with Crippen molar-refractivity contribution in [1.29, 1.82) is 0 Å². The summed E-state index contributed by atoms with van der Waals surface area (Å²) in [4.78, 5) is 17.6. The SMILES string of the molecule is NC(=O)c1cccc(NCC2CCN(c3ccc(F)cc3)C2)n1. The Bertz CT molecular complexity index is 689. The van der Waals surface area contributed by atoms with E-state index in [0.29, 0.717) is 11.7 Å². The number of rotatable bonds is 5. The fourth-order valence-corrected chi connectivity index (χ4v) is 2.80. The van der Waals surface area contributed by atoms with Crippen molar-refractivity contribution in [3.05, 3.63) is 54.0 Å². The first-order valence-corrected chi connectivity index (χ1v) is 7.63. The molecule has 0 aliphatic carbocycles. The molecule has 0 spiro atoms. The lowest BCUT2D eigenvalue weighted by Crippen LogP contribution is -2.22. The van der Waals surface area contributed by atoms with Gasteiger partial charge in [0.15, 0.2) is 0 Å². The van der Waals surface area contributed by atoms with Crippen molar-refractivity contribution in [2.75, 3.05) is 29.9 Å². The average Bonchev–Trinajstić information content (AvgIpc) is 3.03. The molecule has 2 heterocycles. The summed E-state index contributed by atoms with van der Waals surface area (Å²) < 4.78 is 13.0. The first kappa shape index (κ1) is 15.3. The lowest BCUT2D eigenvalue weighted by atomic mass is 10.1. The van der Waals surface area contributed by atoms with Gasteiger partial charge in [0.05, 0.1) is 0 Å². The van der Waals surface area contributed by atoms with E-state index in [9.17, 15) is 9.18 Å². The fourth-order valence-electron chi connectivity index (χ4n) is 2.80. The van der Waals surface area contributed by atoms with Crippen LogP contribution >= 0.6 is 0 Å². The van der Waals surface area contributed by atoms with E-state index in [0.717, 1.165) is 31.7 Å². The molecule has 5 nitrogen and oxygen atoms in total. The number of nitrogens with zero attached hydrogens (tertiary/aromatic N) is 2. The van der Waals surface area contributed by atoms with E-state index in [1.807, 2.05) is 18.2 Å². The minimum absolute atomic E-state index is 0.216. The van der Waals surface area contributed by atoms with Gasteiger partial charge >= 0.3 is 0 Å². The first-order valence-electron chi connectivity index (χ1n) is 7.63. The minimum atomic E-state index is -0.531. The van der Waals surface area contributed by atoms with Gasteiger partial charge < -0.3 is 16.0 Å². The smallest absolute Gasteiger partial charge is 0.267 e. The van der Waals surface area contributed by atoms with Crippen molar-refractivity contribution in [3.63, 3.8) is 0 Å². The third kappa shape index (κ3) is 3.77. The predicted octanol–water partition coefficient (Wildman–Crippen LogP) is 2.26. The van der Waals surface area contributed by atoms with Crippen LogP contribution in [0, 0.1) is 11.7 Å². The molecule has 2 aromatic rings. The summed E-state index contributed by atoms with van der Waals surface area (Å²) in [6, 6.07) is 11.8. The van der Waals surface area contributed by atoms with Crippen LogP contribution < -0.4 is 16.0 Å². The third-order valence-electron chi connectivity index (χ3n) is 4.05. The Morgan fingerprint density at radius 2 is 2.09 bits per heavy atom. The standard InChI is InChI=1S/C17H19FN4O/c18-13-4-6-14(7-5-13)22-9-8-12(11-22)10-20-16-3-1-2-15(21-16)17(19)23/h1-7,12H,8-11H2,(H2,19,23)(H,20,21). The Balaban J connectivity index is 1.55. The van der Waals surface area contributed by atoms with Gasteiger partial charge in [0.1, 0.15) is 17.3 Å². The molecule has 1 aromatic heterocycles. The van der Waals surface area contributed by atoms with E-state index in [1.54, 1.807) is 12.1 Å².